The average molecular weight is 158 g/mol. The zero-order valence-corrected chi connectivity index (χ0v) is 5.85. The lowest BCUT2D eigenvalue weighted by Gasteiger charge is -2.00. The topological polar surface area (TPSA) is 77.9 Å². The molecule has 2 heterocycles. The van der Waals surface area contributed by atoms with E-state index in [-0.39, 0.29) is 5.57 Å². The lowest BCUT2D eigenvalue weighted by molar-refractivity contribution is -0.114. The van der Waals surface area contributed by atoms with E-state index in [1.165, 1.54) is 12.3 Å². The molecule has 0 bridgehead atoms. The van der Waals surface area contributed by atoms with Crippen molar-refractivity contribution in [2.24, 2.45) is 15.2 Å². The predicted molar refractivity (Wildman–Crippen MR) is 42.1 cm³/mol. The molecule has 5 heteroatoms. The number of rotatable bonds is 0. The molecular formula is C7H2N4O. The van der Waals surface area contributed by atoms with Gasteiger partial charge in [0.2, 0.25) is 0 Å². The van der Waals surface area contributed by atoms with Gasteiger partial charge in [0.25, 0.3) is 5.91 Å². The highest BCUT2D eigenvalue weighted by Crippen LogP contribution is 2.08. The van der Waals surface area contributed by atoms with Gasteiger partial charge in [-0.1, -0.05) is 0 Å². The summed E-state index contributed by atoms with van der Waals surface area (Å²) < 4.78 is 0. The molecule has 2 aliphatic rings. The van der Waals surface area contributed by atoms with Crippen molar-refractivity contribution in [3.63, 3.8) is 0 Å². The van der Waals surface area contributed by atoms with Gasteiger partial charge in [0.15, 0.2) is 0 Å². The third kappa shape index (κ3) is 0.787. The van der Waals surface area contributed by atoms with Crippen molar-refractivity contribution in [3.8, 4) is 6.07 Å². The van der Waals surface area contributed by atoms with Crippen LogP contribution in [0.1, 0.15) is 0 Å². The molecule has 0 spiro atoms. The number of hydrogen-bond donors (Lipinski definition) is 0. The Balaban J connectivity index is 2.51. The number of carbonyl (C=O) groups excluding carboxylic acids is 1. The summed E-state index contributed by atoms with van der Waals surface area (Å²) in [6.07, 6.45) is 2.77. The van der Waals surface area contributed by atoms with E-state index in [4.69, 9.17) is 5.26 Å². The molecule has 5 nitrogen and oxygen atoms in total. The molecule has 12 heavy (non-hydrogen) atoms. The fraction of sp³-hybridized carbons (Fsp3) is 0. The van der Waals surface area contributed by atoms with E-state index in [0.29, 0.717) is 11.4 Å². The Labute approximate surface area is 67.4 Å². The molecule has 0 radical (unpaired) electrons. The number of fused-ring (bicyclic) bond motifs is 1. The highest BCUT2D eigenvalue weighted by Gasteiger charge is 2.21. The van der Waals surface area contributed by atoms with Gasteiger partial charge in [-0.2, -0.15) is 10.4 Å². The van der Waals surface area contributed by atoms with Crippen LogP contribution in [0.4, 0.5) is 0 Å². The van der Waals surface area contributed by atoms with Crippen molar-refractivity contribution in [1.29, 1.82) is 5.26 Å². The Bertz CT molecular complexity index is 419. The fourth-order valence-corrected chi connectivity index (χ4v) is 0.900. The summed E-state index contributed by atoms with van der Waals surface area (Å²) in [5.74, 6) is -0.528. The second kappa shape index (κ2) is 2.20. The summed E-state index contributed by atoms with van der Waals surface area (Å²) in [6, 6.07) is 1.73. The first-order chi connectivity index (χ1) is 5.81. The predicted octanol–water partition coefficient (Wildman–Crippen LogP) is -0.142. The van der Waals surface area contributed by atoms with Crippen molar-refractivity contribution in [1.82, 2.24) is 0 Å². The summed E-state index contributed by atoms with van der Waals surface area (Å²) >= 11 is 0. The third-order valence-corrected chi connectivity index (χ3v) is 1.46. The molecule has 0 saturated carbocycles. The van der Waals surface area contributed by atoms with E-state index < -0.39 is 5.91 Å². The summed E-state index contributed by atoms with van der Waals surface area (Å²) in [5, 5.41) is 15.7. The van der Waals surface area contributed by atoms with E-state index in [9.17, 15) is 4.79 Å². The number of dihydropyridines is 1. The first-order valence-electron chi connectivity index (χ1n) is 3.17. The summed E-state index contributed by atoms with van der Waals surface area (Å²) in [6.45, 7) is 0. The molecule has 0 aromatic heterocycles. The van der Waals surface area contributed by atoms with Gasteiger partial charge in [0.1, 0.15) is 23.1 Å². The lowest BCUT2D eigenvalue weighted by atomic mass is 10.1. The number of aliphatic imine (C=N–C) groups is 1. The normalized spacial score (nSPS) is 19.2. The smallest absolute Gasteiger partial charge is 0.266 e. The minimum atomic E-state index is -0.528. The number of nitriles is 1. The number of hydrogen-bond acceptors (Lipinski definition) is 4. The SMILES string of the molecule is N#CC1=CC2=NN=CC2=NC1=O. The van der Waals surface area contributed by atoms with Gasteiger partial charge in [0, 0.05) is 0 Å². The van der Waals surface area contributed by atoms with Gasteiger partial charge in [-0.05, 0) is 6.08 Å². The van der Waals surface area contributed by atoms with Crippen LogP contribution in [0.15, 0.2) is 26.8 Å². The van der Waals surface area contributed by atoms with Gasteiger partial charge >= 0.3 is 0 Å². The minimum absolute atomic E-state index is 0.00278. The molecule has 0 unspecified atom stereocenters. The Kier molecular flexibility index (Phi) is 1.21. The van der Waals surface area contributed by atoms with Crippen molar-refractivity contribution >= 4 is 23.5 Å². The van der Waals surface area contributed by atoms with Crippen molar-refractivity contribution < 1.29 is 4.79 Å². The van der Waals surface area contributed by atoms with Crippen molar-refractivity contribution in [3.05, 3.63) is 11.6 Å². The van der Waals surface area contributed by atoms with Gasteiger partial charge in [-0.25, -0.2) is 4.99 Å². The molecule has 0 N–H and O–H groups in total. The Morgan fingerprint density at radius 3 is 3.00 bits per heavy atom. The maximum atomic E-state index is 11.0. The number of amides is 1. The minimum Gasteiger partial charge on any atom is -0.266 e. The maximum absolute atomic E-state index is 11.0. The van der Waals surface area contributed by atoms with Crippen molar-refractivity contribution in [2.75, 3.05) is 0 Å². The molecule has 0 aromatic rings. The molecule has 0 atom stereocenters. The van der Waals surface area contributed by atoms with Crippen LogP contribution in [0, 0.1) is 11.3 Å². The van der Waals surface area contributed by atoms with E-state index >= 15 is 0 Å². The molecule has 2 aliphatic heterocycles. The van der Waals surface area contributed by atoms with Crippen LogP contribution in [-0.2, 0) is 4.79 Å². The van der Waals surface area contributed by atoms with Gasteiger partial charge < -0.3 is 0 Å². The maximum Gasteiger partial charge on any atom is 0.288 e. The number of allylic oxidation sites excluding steroid dienone is 1. The Morgan fingerprint density at radius 2 is 2.25 bits per heavy atom. The van der Waals surface area contributed by atoms with Crippen LogP contribution in [0.3, 0.4) is 0 Å². The van der Waals surface area contributed by atoms with Gasteiger partial charge in [-0.15, -0.1) is 5.10 Å². The molecular weight excluding hydrogens is 156 g/mol. The second-order valence-electron chi connectivity index (χ2n) is 2.20. The van der Waals surface area contributed by atoms with Gasteiger partial charge in [0.05, 0.1) is 6.21 Å². The standard InChI is InChI=1S/C7H2N4O/c8-2-4-1-5-6(3-9-11-5)10-7(4)12/h1,3H. The lowest BCUT2D eigenvalue weighted by Crippen LogP contribution is -2.18. The summed E-state index contributed by atoms with van der Waals surface area (Å²) in [7, 11) is 0. The molecule has 2 rings (SSSR count). The third-order valence-electron chi connectivity index (χ3n) is 1.46. The van der Waals surface area contributed by atoms with Crippen LogP contribution in [0.5, 0.6) is 0 Å². The van der Waals surface area contributed by atoms with E-state index in [1.54, 1.807) is 6.07 Å². The zero-order chi connectivity index (χ0) is 8.55. The molecule has 0 saturated heterocycles. The highest BCUT2D eigenvalue weighted by atomic mass is 16.1. The first kappa shape index (κ1) is 6.61. The Hall–Kier alpha value is -2.09. The zero-order valence-electron chi connectivity index (χ0n) is 5.85. The van der Waals surface area contributed by atoms with E-state index in [1.807, 2.05) is 0 Å². The molecule has 56 valence electrons. The fourth-order valence-electron chi connectivity index (χ4n) is 0.900. The number of nitrogens with zero attached hydrogens (tertiary/aromatic N) is 4. The van der Waals surface area contributed by atoms with E-state index in [2.05, 4.69) is 15.2 Å². The molecule has 0 aromatic carbocycles. The largest absolute Gasteiger partial charge is 0.288 e. The average Bonchev–Trinajstić information content (AvgIpc) is 2.49. The van der Waals surface area contributed by atoms with Crippen LogP contribution in [0.25, 0.3) is 0 Å². The molecule has 0 fully saturated rings. The molecule has 1 amide bonds. The molecule has 0 aliphatic carbocycles. The highest BCUT2D eigenvalue weighted by molar-refractivity contribution is 6.68. The van der Waals surface area contributed by atoms with Crippen LogP contribution < -0.4 is 0 Å². The van der Waals surface area contributed by atoms with Crippen LogP contribution in [0.2, 0.25) is 0 Å². The van der Waals surface area contributed by atoms with Crippen molar-refractivity contribution in [2.45, 2.75) is 0 Å². The van der Waals surface area contributed by atoms with Crippen LogP contribution >= 0.6 is 0 Å². The monoisotopic (exact) mass is 158 g/mol. The van der Waals surface area contributed by atoms with Gasteiger partial charge in [-0.3, -0.25) is 4.79 Å². The first-order valence-corrected chi connectivity index (χ1v) is 3.17. The Morgan fingerprint density at radius 1 is 1.42 bits per heavy atom. The summed E-state index contributed by atoms with van der Waals surface area (Å²) in [4.78, 5) is 14.6. The number of carbonyl (C=O) groups is 1. The quantitative estimate of drug-likeness (QED) is 0.491. The van der Waals surface area contributed by atoms with E-state index in [0.717, 1.165) is 0 Å². The van der Waals surface area contributed by atoms with Crippen LogP contribution in [-0.4, -0.2) is 23.5 Å². The summed E-state index contributed by atoms with van der Waals surface area (Å²) in [5.41, 5.74) is 0.910. The second-order valence-corrected chi connectivity index (χ2v) is 2.20.